The molecule has 3 aromatic carbocycles. The Balaban J connectivity index is 1.34. The predicted octanol–water partition coefficient (Wildman–Crippen LogP) is 7.04. The number of nitrogens with one attached hydrogen (secondary N) is 2. The van der Waals surface area contributed by atoms with E-state index in [2.05, 4.69) is 31.4 Å². The van der Waals surface area contributed by atoms with Gasteiger partial charge in [0.05, 0.1) is 16.5 Å². The second kappa shape index (κ2) is 12.8. The number of carbonyl (C=O) groups excluding carboxylic acids is 2. The highest BCUT2D eigenvalue weighted by Crippen LogP contribution is 2.31. The van der Waals surface area contributed by atoms with E-state index in [0.717, 1.165) is 38.3 Å². The molecular weight excluding hydrogens is 597 g/mol. The first-order valence-corrected chi connectivity index (χ1v) is 16.6. The molecule has 1 unspecified atom stereocenters. The summed E-state index contributed by atoms with van der Waals surface area (Å²) in [4.78, 5) is 27.5. The van der Waals surface area contributed by atoms with E-state index in [-0.39, 0.29) is 17.9 Å². The number of furan rings is 1. The van der Waals surface area contributed by atoms with Gasteiger partial charge in [-0.15, -0.1) is 11.3 Å². The number of thiophene rings is 1. The zero-order valence-electron chi connectivity index (χ0n) is 24.7. The van der Waals surface area contributed by atoms with Crippen molar-refractivity contribution in [2.24, 2.45) is 0 Å². The predicted molar refractivity (Wildman–Crippen MR) is 175 cm³/mol. The molecule has 2 amide bonds. The average molecular weight is 631 g/mol. The summed E-state index contributed by atoms with van der Waals surface area (Å²) in [5.74, 6) is -0.977. The molecular formula is C34H34N2O6S2. The SMILES string of the molecule is CC(C)(C)c1ccc(C(Cc2ccc(C(=O)NCCS(=O)(=O)O)s2)C(=O)Nc2ccc(-c3cc4ccccc4o3)cc2)cc1. The quantitative estimate of drug-likeness (QED) is 0.142. The Kier molecular flexibility index (Phi) is 9.05. The fourth-order valence-corrected chi connectivity index (χ4v) is 6.17. The molecule has 1 atom stereocenters. The summed E-state index contributed by atoms with van der Waals surface area (Å²) in [6.45, 7) is 6.20. The molecule has 3 N–H and O–H groups in total. The molecule has 0 saturated heterocycles. The molecule has 0 aliphatic heterocycles. The summed E-state index contributed by atoms with van der Waals surface area (Å²) in [5, 5.41) is 6.58. The van der Waals surface area contributed by atoms with Gasteiger partial charge in [0.1, 0.15) is 11.3 Å². The van der Waals surface area contributed by atoms with Crippen molar-refractivity contribution < 1.29 is 27.0 Å². The highest BCUT2D eigenvalue weighted by molar-refractivity contribution is 7.85. The Labute approximate surface area is 260 Å². The lowest BCUT2D eigenvalue weighted by Gasteiger charge is -2.21. The van der Waals surface area contributed by atoms with Crippen LogP contribution in [-0.4, -0.2) is 37.1 Å². The molecule has 5 rings (SSSR count). The molecule has 0 aliphatic rings. The van der Waals surface area contributed by atoms with E-state index in [1.807, 2.05) is 78.9 Å². The third kappa shape index (κ3) is 7.82. The van der Waals surface area contributed by atoms with E-state index in [9.17, 15) is 18.0 Å². The van der Waals surface area contributed by atoms with E-state index in [0.29, 0.717) is 17.0 Å². The van der Waals surface area contributed by atoms with Crippen LogP contribution in [0.1, 0.15) is 52.4 Å². The molecule has 44 heavy (non-hydrogen) atoms. The Morgan fingerprint density at radius 1 is 0.932 bits per heavy atom. The van der Waals surface area contributed by atoms with Gasteiger partial charge in [0.2, 0.25) is 5.91 Å². The van der Waals surface area contributed by atoms with Crippen LogP contribution in [0.3, 0.4) is 0 Å². The average Bonchev–Trinajstić information content (AvgIpc) is 3.63. The minimum atomic E-state index is -4.17. The van der Waals surface area contributed by atoms with Gasteiger partial charge in [-0.2, -0.15) is 8.42 Å². The smallest absolute Gasteiger partial charge is 0.266 e. The largest absolute Gasteiger partial charge is 0.456 e. The van der Waals surface area contributed by atoms with E-state index in [1.54, 1.807) is 12.1 Å². The van der Waals surface area contributed by atoms with Gasteiger partial charge in [-0.3, -0.25) is 14.1 Å². The van der Waals surface area contributed by atoms with Crippen LogP contribution in [-0.2, 0) is 26.7 Å². The van der Waals surface area contributed by atoms with Crippen molar-refractivity contribution in [3.05, 3.63) is 112 Å². The van der Waals surface area contributed by atoms with Crippen LogP contribution in [0.2, 0.25) is 0 Å². The van der Waals surface area contributed by atoms with Gasteiger partial charge in [-0.25, -0.2) is 0 Å². The van der Waals surface area contributed by atoms with Crippen molar-refractivity contribution in [2.75, 3.05) is 17.6 Å². The van der Waals surface area contributed by atoms with E-state index in [1.165, 1.54) is 11.3 Å². The van der Waals surface area contributed by atoms with Crippen molar-refractivity contribution >= 4 is 49.9 Å². The molecule has 2 aromatic heterocycles. The van der Waals surface area contributed by atoms with Crippen LogP contribution < -0.4 is 10.6 Å². The molecule has 5 aromatic rings. The Morgan fingerprint density at radius 2 is 1.64 bits per heavy atom. The summed E-state index contributed by atoms with van der Waals surface area (Å²) in [7, 11) is -4.17. The number of hydrogen-bond acceptors (Lipinski definition) is 6. The first-order valence-electron chi connectivity index (χ1n) is 14.2. The number of hydrogen-bond donors (Lipinski definition) is 3. The standard InChI is InChI=1S/C34H34N2O6S2/c1-34(2,3)25-12-8-22(9-13-25)28(21-27-16-17-31(43-27)33(38)35-18-19-44(39,40)41)32(37)36-26-14-10-23(11-15-26)30-20-24-6-4-5-7-29(24)42-30/h4-17,20,28H,18-19,21H2,1-3H3,(H,35,38)(H,36,37)(H,39,40,41). The maximum absolute atomic E-state index is 13.8. The second-order valence-electron chi connectivity index (χ2n) is 11.7. The van der Waals surface area contributed by atoms with Gasteiger partial charge in [0.25, 0.3) is 16.0 Å². The van der Waals surface area contributed by atoms with E-state index >= 15 is 0 Å². The lowest BCUT2D eigenvalue weighted by molar-refractivity contribution is -0.117. The zero-order valence-corrected chi connectivity index (χ0v) is 26.3. The third-order valence-corrected chi connectivity index (χ3v) is 9.12. The minimum absolute atomic E-state index is 0.0384. The Morgan fingerprint density at radius 3 is 2.30 bits per heavy atom. The number of fused-ring (bicyclic) bond motifs is 1. The Bertz CT molecular complexity index is 1850. The van der Waals surface area contributed by atoms with Gasteiger partial charge in [-0.1, -0.05) is 63.2 Å². The summed E-state index contributed by atoms with van der Waals surface area (Å²) in [6, 6.07) is 28.8. The summed E-state index contributed by atoms with van der Waals surface area (Å²) in [5.41, 5.74) is 4.32. The van der Waals surface area contributed by atoms with Crippen molar-refractivity contribution in [3.8, 4) is 11.3 Å². The van der Waals surface area contributed by atoms with Crippen LogP contribution in [0.4, 0.5) is 5.69 Å². The molecule has 0 fully saturated rings. The fourth-order valence-electron chi connectivity index (χ4n) is 4.84. The zero-order chi connectivity index (χ0) is 31.5. The maximum atomic E-state index is 13.8. The number of para-hydroxylation sites is 1. The van der Waals surface area contributed by atoms with Gasteiger partial charge < -0.3 is 15.1 Å². The molecule has 0 saturated carbocycles. The number of amides is 2. The molecule has 8 nitrogen and oxygen atoms in total. The van der Waals surface area contributed by atoms with Gasteiger partial charge in [0.15, 0.2) is 0 Å². The van der Waals surface area contributed by atoms with Crippen LogP contribution >= 0.6 is 11.3 Å². The first kappa shape index (κ1) is 31.2. The highest BCUT2D eigenvalue weighted by Gasteiger charge is 2.24. The van der Waals surface area contributed by atoms with Gasteiger partial charge >= 0.3 is 0 Å². The molecule has 228 valence electrons. The maximum Gasteiger partial charge on any atom is 0.266 e. The van der Waals surface area contributed by atoms with Crippen LogP contribution in [0.15, 0.2) is 95.4 Å². The van der Waals surface area contributed by atoms with Crippen LogP contribution in [0.5, 0.6) is 0 Å². The first-order chi connectivity index (χ1) is 20.9. The number of benzene rings is 3. The molecule has 0 bridgehead atoms. The normalized spacial score (nSPS) is 12.6. The third-order valence-electron chi connectivity index (χ3n) is 7.29. The van der Waals surface area contributed by atoms with Gasteiger partial charge in [-0.05, 0) is 71.5 Å². The van der Waals surface area contributed by atoms with Crippen LogP contribution in [0, 0.1) is 0 Å². The molecule has 10 heteroatoms. The highest BCUT2D eigenvalue weighted by atomic mass is 32.2. The number of anilines is 1. The topological polar surface area (TPSA) is 126 Å². The monoisotopic (exact) mass is 630 g/mol. The van der Waals surface area contributed by atoms with E-state index < -0.39 is 27.7 Å². The van der Waals surface area contributed by atoms with Crippen molar-refractivity contribution in [1.29, 1.82) is 0 Å². The van der Waals surface area contributed by atoms with E-state index in [4.69, 9.17) is 8.97 Å². The molecule has 0 radical (unpaired) electrons. The van der Waals surface area contributed by atoms with Crippen LogP contribution in [0.25, 0.3) is 22.3 Å². The lowest BCUT2D eigenvalue weighted by atomic mass is 9.85. The summed E-state index contributed by atoms with van der Waals surface area (Å²) < 4.78 is 36.8. The second-order valence-corrected chi connectivity index (χ2v) is 14.4. The van der Waals surface area contributed by atoms with Crippen molar-refractivity contribution in [2.45, 2.75) is 38.5 Å². The van der Waals surface area contributed by atoms with Crippen molar-refractivity contribution in [3.63, 3.8) is 0 Å². The number of rotatable bonds is 10. The van der Waals surface area contributed by atoms with Gasteiger partial charge in [0, 0.05) is 28.1 Å². The Hall–Kier alpha value is -4.25. The summed E-state index contributed by atoms with van der Waals surface area (Å²) in [6.07, 6.45) is 0.362. The molecule has 0 aliphatic carbocycles. The lowest BCUT2D eigenvalue weighted by Crippen LogP contribution is -2.28. The molecule has 2 heterocycles. The summed E-state index contributed by atoms with van der Waals surface area (Å²) >= 11 is 1.24. The minimum Gasteiger partial charge on any atom is -0.456 e. The fraction of sp³-hybridized carbons (Fsp3) is 0.235. The molecule has 0 spiro atoms. The van der Waals surface area contributed by atoms with Crippen molar-refractivity contribution in [1.82, 2.24) is 5.32 Å². The number of carbonyl (C=O) groups is 2.